The molecular weight excluding hydrogens is 661 g/mol. The molecule has 7 aromatic rings. The molecule has 0 aliphatic heterocycles. The molecule has 0 N–H and O–H groups in total. The van der Waals surface area contributed by atoms with Gasteiger partial charge in [-0.1, -0.05) is 171 Å². The third-order valence-corrected chi connectivity index (χ3v) is 11.6. The van der Waals surface area contributed by atoms with Crippen LogP contribution in [-0.2, 0) is 11.8 Å². The number of nitriles is 1. The highest BCUT2D eigenvalue weighted by atomic mass is 14.5. The second kappa shape index (κ2) is 14.9. The quantitative estimate of drug-likeness (QED) is 0.103. The number of benzene rings is 7. The summed E-state index contributed by atoms with van der Waals surface area (Å²) >= 11 is 0. The van der Waals surface area contributed by atoms with Crippen molar-refractivity contribution in [3.63, 3.8) is 0 Å². The number of hydrogen-bond acceptors (Lipinski definition) is 1. The molecule has 0 aromatic heterocycles. The van der Waals surface area contributed by atoms with Crippen molar-refractivity contribution >= 4 is 39.9 Å². The first-order chi connectivity index (χ1) is 27.1. The maximum Gasteiger partial charge on any atom is 0.151 e. The Morgan fingerprint density at radius 3 is 2.05 bits per heavy atom. The molecule has 0 saturated heterocycles. The van der Waals surface area contributed by atoms with Gasteiger partial charge < -0.3 is 0 Å². The van der Waals surface area contributed by atoms with E-state index in [0.717, 1.165) is 32.0 Å². The molecule has 9 rings (SSSR count). The SMILES string of the molecule is CCC[B]c1ccc2cc(C3(c4ccc5cc(CCCC#N)ccc5c4)c4cc(C5=CC=CCC=C5)ccc4-c4ccc(-c5ccccc5)cc43)ccc2c1. The Bertz CT molecular complexity index is 2710. The lowest BCUT2D eigenvalue weighted by Gasteiger charge is -2.35. The Morgan fingerprint density at radius 1 is 0.636 bits per heavy atom. The first-order valence-electron chi connectivity index (χ1n) is 19.8. The largest absolute Gasteiger partial charge is 0.198 e. The predicted molar refractivity (Wildman–Crippen MR) is 234 cm³/mol. The minimum absolute atomic E-state index is 0.582. The fourth-order valence-corrected chi connectivity index (χ4v) is 8.87. The summed E-state index contributed by atoms with van der Waals surface area (Å²) in [5.74, 6) is 0. The van der Waals surface area contributed by atoms with Crippen LogP contribution in [0.4, 0.5) is 0 Å². The summed E-state index contributed by atoms with van der Waals surface area (Å²) in [6, 6.07) is 55.5. The molecule has 1 unspecified atom stereocenters. The fourth-order valence-electron chi connectivity index (χ4n) is 8.87. The van der Waals surface area contributed by atoms with Gasteiger partial charge in [0.25, 0.3) is 0 Å². The second-order valence-corrected chi connectivity index (χ2v) is 15.0. The van der Waals surface area contributed by atoms with Crippen molar-refractivity contribution in [1.29, 1.82) is 5.26 Å². The molecule has 2 aliphatic rings. The van der Waals surface area contributed by atoms with E-state index in [1.165, 1.54) is 88.2 Å². The molecule has 1 nitrogen and oxygen atoms in total. The van der Waals surface area contributed by atoms with Crippen LogP contribution >= 0.6 is 0 Å². The van der Waals surface area contributed by atoms with E-state index in [0.29, 0.717) is 6.42 Å². The number of aryl methyl sites for hydroxylation is 1. The van der Waals surface area contributed by atoms with Crippen LogP contribution < -0.4 is 5.46 Å². The van der Waals surface area contributed by atoms with Gasteiger partial charge in [-0.25, -0.2) is 0 Å². The fraction of sp³-hybridized carbons (Fsp3) is 0.151. The molecule has 7 aromatic carbocycles. The van der Waals surface area contributed by atoms with Crippen molar-refractivity contribution in [2.24, 2.45) is 0 Å². The first kappa shape index (κ1) is 34.6. The molecule has 2 aliphatic carbocycles. The van der Waals surface area contributed by atoms with Crippen LogP contribution in [0.2, 0.25) is 6.32 Å². The Balaban J connectivity index is 1.33. The monoisotopic (exact) mass is 704 g/mol. The van der Waals surface area contributed by atoms with Gasteiger partial charge in [0.1, 0.15) is 0 Å². The Labute approximate surface area is 326 Å². The highest BCUT2D eigenvalue weighted by molar-refractivity contribution is 6.53. The van der Waals surface area contributed by atoms with Crippen LogP contribution in [0, 0.1) is 11.3 Å². The van der Waals surface area contributed by atoms with E-state index < -0.39 is 5.41 Å². The van der Waals surface area contributed by atoms with Gasteiger partial charge in [-0.2, -0.15) is 5.26 Å². The van der Waals surface area contributed by atoms with Crippen LogP contribution in [0.15, 0.2) is 170 Å². The van der Waals surface area contributed by atoms with E-state index in [1.54, 1.807) is 0 Å². The molecule has 0 bridgehead atoms. The zero-order valence-electron chi connectivity index (χ0n) is 31.4. The highest BCUT2D eigenvalue weighted by Crippen LogP contribution is 2.58. The van der Waals surface area contributed by atoms with E-state index in [9.17, 15) is 0 Å². The van der Waals surface area contributed by atoms with Crippen molar-refractivity contribution in [2.75, 3.05) is 0 Å². The molecule has 0 amide bonds. The van der Waals surface area contributed by atoms with Crippen molar-refractivity contribution in [2.45, 2.75) is 50.8 Å². The third kappa shape index (κ3) is 6.35. The summed E-state index contributed by atoms with van der Waals surface area (Å²) < 4.78 is 0. The molecule has 263 valence electrons. The maximum absolute atomic E-state index is 9.13. The molecule has 0 spiro atoms. The average Bonchev–Trinajstić information content (AvgIpc) is 3.34. The topological polar surface area (TPSA) is 23.8 Å². The van der Waals surface area contributed by atoms with Crippen LogP contribution in [0.1, 0.15) is 66.0 Å². The molecule has 0 saturated carbocycles. The van der Waals surface area contributed by atoms with E-state index in [2.05, 4.69) is 190 Å². The first-order valence-corrected chi connectivity index (χ1v) is 19.8. The van der Waals surface area contributed by atoms with Gasteiger partial charge in [-0.05, 0) is 126 Å². The summed E-state index contributed by atoms with van der Waals surface area (Å²) in [5, 5.41) is 14.1. The molecule has 0 fully saturated rings. The number of allylic oxidation sites excluding steroid dienone is 6. The van der Waals surface area contributed by atoms with Crippen molar-refractivity contribution in [3.8, 4) is 28.3 Å². The number of fused-ring (bicyclic) bond motifs is 5. The summed E-state index contributed by atoms with van der Waals surface area (Å²) in [6.45, 7) is 2.23. The van der Waals surface area contributed by atoms with Gasteiger partial charge in [0.15, 0.2) is 7.28 Å². The van der Waals surface area contributed by atoms with E-state index in [1.807, 2.05) is 0 Å². The van der Waals surface area contributed by atoms with Gasteiger partial charge >= 0.3 is 0 Å². The zero-order valence-corrected chi connectivity index (χ0v) is 31.4. The Kier molecular flexibility index (Phi) is 9.39. The van der Waals surface area contributed by atoms with Crippen molar-refractivity contribution < 1.29 is 0 Å². The second-order valence-electron chi connectivity index (χ2n) is 15.0. The Morgan fingerprint density at radius 2 is 1.31 bits per heavy atom. The average molecular weight is 705 g/mol. The number of rotatable bonds is 10. The third-order valence-electron chi connectivity index (χ3n) is 11.6. The lowest BCUT2D eigenvalue weighted by atomic mass is 9.65. The molecule has 55 heavy (non-hydrogen) atoms. The van der Waals surface area contributed by atoms with Crippen LogP contribution in [0.5, 0.6) is 0 Å². The normalized spacial score (nSPS) is 15.7. The zero-order chi connectivity index (χ0) is 37.2. The summed E-state index contributed by atoms with van der Waals surface area (Å²) in [7, 11) is 2.35. The summed E-state index contributed by atoms with van der Waals surface area (Å²) in [5.41, 5.74) is 14.6. The lowest BCUT2D eigenvalue weighted by molar-refractivity contribution is 0.771. The number of nitrogens with zero attached hydrogens (tertiary/aromatic N) is 1. The minimum Gasteiger partial charge on any atom is -0.198 e. The maximum atomic E-state index is 9.13. The van der Waals surface area contributed by atoms with Gasteiger partial charge in [0.05, 0.1) is 11.5 Å². The summed E-state index contributed by atoms with van der Waals surface area (Å²) in [4.78, 5) is 0. The summed E-state index contributed by atoms with van der Waals surface area (Å²) in [6.07, 6.45) is 16.7. The predicted octanol–water partition coefficient (Wildman–Crippen LogP) is 12.9. The standard InChI is InChI=1S/C53H43BN/c1-2-29-54-48-26-21-42-33-47(25-20-43(42)34-48)53(46-24-19-40-31-37(12-10-11-30-55)17-18-41(40)32-46)51-35-44(38-13-6-3-4-7-14-38)22-27-49(51)50-28-23-45(36-52(50)53)39-15-8-5-9-16-39/h3,5-9,13-28,31-36H,2,4,10-12,29H2,1H3. The molecular formula is C53H43BN. The minimum atomic E-state index is -0.586. The van der Waals surface area contributed by atoms with Crippen LogP contribution in [0.3, 0.4) is 0 Å². The van der Waals surface area contributed by atoms with Gasteiger partial charge in [-0.15, -0.1) is 0 Å². The van der Waals surface area contributed by atoms with E-state index >= 15 is 0 Å². The Hall–Kier alpha value is -6.17. The van der Waals surface area contributed by atoms with Crippen molar-refractivity contribution in [3.05, 3.63) is 203 Å². The number of unbranched alkanes of at least 4 members (excludes halogenated alkanes) is 1. The van der Waals surface area contributed by atoms with Gasteiger partial charge in [0, 0.05) is 6.42 Å². The van der Waals surface area contributed by atoms with Crippen LogP contribution in [-0.4, -0.2) is 7.28 Å². The number of hydrogen-bond donors (Lipinski definition) is 0. The van der Waals surface area contributed by atoms with Crippen molar-refractivity contribution in [1.82, 2.24) is 0 Å². The molecule has 1 radical (unpaired) electrons. The van der Waals surface area contributed by atoms with E-state index in [4.69, 9.17) is 5.26 Å². The lowest BCUT2D eigenvalue weighted by Crippen LogP contribution is -2.29. The molecule has 2 heteroatoms. The van der Waals surface area contributed by atoms with Gasteiger partial charge in [-0.3, -0.25) is 0 Å². The molecule has 0 heterocycles. The van der Waals surface area contributed by atoms with Crippen LogP contribution in [0.25, 0.3) is 49.4 Å². The van der Waals surface area contributed by atoms with E-state index in [-0.39, 0.29) is 0 Å². The highest BCUT2D eigenvalue weighted by Gasteiger charge is 2.46. The molecule has 1 atom stereocenters. The smallest absolute Gasteiger partial charge is 0.151 e. The van der Waals surface area contributed by atoms with Gasteiger partial charge in [0.2, 0.25) is 0 Å².